The summed E-state index contributed by atoms with van der Waals surface area (Å²) in [4.78, 5) is 7.76. The zero-order chi connectivity index (χ0) is 14.1. The summed E-state index contributed by atoms with van der Waals surface area (Å²) < 4.78 is 6.32. The molecule has 5 heteroatoms. The molecule has 1 aromatic heterocycles. The molecule has 1 heterocycles. The second-order valence-corrected chi connectivity index (χ2v) is 5.19. The van der Waals surface area contributed by atoms with Gasteiger partial charge in [0.2, 0.25) is 0 Å². The van der Waals surface area contributed by atoms with E-state index in [9.17, 15) is 0 Å². The summed E-state index contributed by atoms with van der Waals surface area (Å²) in [7, 11) is 1.63. The summed E-state index contributed by atoms with van der Waals surface area (Å²) >= 11 is 3.42. The number of aromatic amines is 1. The molecule has 3 aromatic rings. The van der Waals surface area contributed by atoms with Crippen molar-refractivity contribution in [1.29, 1.82) is 5.26 Å². The van der Waals surface area contributed by atoms with E-state index in [1.54, 1.807) is 19.2 Å². The van der Waals surface area contributed by atoms with Gasteiger partial charge in [0.15, 0.2) is 0 Å². The number of methoxy groups -OCH3 is 1. The first-order valence-electron chi connectivity index (χ1n) is 5.95. The third-order valence-corrected chi connectivity index (χ3v) is 3.52. The molecule has 98 valence electrons. The van der Waals surface area contributed by atoms with E-state index in [-0.39, 0.29) is 0 Å². The van der Waals surface area contributed by atoms with Gasteiger partial charge in [0, 0.05) is 4.47 Å². The van der Waals surface area contributed by atoms with Crippen LogP contribution >= 0.6 is 15.9 Å². The number of hydrogen-bond acceptors (Lipinski definition) is 3. The number of nitrogens with one attached hydrogen (secondary N) is 1. The van der Waals surface area contributed by atoms with Gasteiger partial charge in [0.1, 0.15) is 11.6 Å². The van der Waals surface area contributed by atoms with E-state index in [1.807, 2.05) is 24.3 Å². The van der Waals surface area contributed by atoms with E-state index in [0.29, 0.717) is 5.56 Å². The molecular formula is C15H10BrN3O. The van der Waals surface area contributed by atoms with Crippen LogP contribution in [-0.4, -0.2) is 17.1 Å². The minimum Gasteiger partial charge on any atom is -0.496 e. The van der Waals surface area contributed by atoms with Crippen molar-refractivity contribution in [2.75, 3.05) is 7.11 Å². The average molecular weight is 328 g/mol. The van der Waals surface area contributed by atoms with Crippen molar-refractivity contribution in [3.05, 3.63) is 46.4 Å². The Morgan fingerprint density at radius 1 is 1.25 bits per heavy atom. The van der Waals surface area contributed by atoms with Gasteiger partial charge in [-0.1, -0.05) is 15.9 Å². The fourth-order valence-corrected chi connectivity index (χ4v) is 2.41. The van der Waals surface area contributed by atoms with E-state index < -0.39 is 0 Å². The number of imidazole rings is 1. The van der Waals surface area contributed by atoms with E-state index >= 15 is 0 Å². The molecular weight excluding hydrogens is 318 g/mol. The molecule has 20 heavy (non-hydrogen) atoms. The lowest BCUT2D eigenvalue weighted by Crippen LogP contribution is -1.89. The molecule has 2 aromatic carbocycles. The molecule has 0 unspecified atom stereocenters. The largest absolute Gasteiger partial charge is 0.496 e. The molecule has 0 radical (unpaired) electrons. The summed E-state index contributed by atoms with van der Waals surface area (Å²) in [5, 5.41) is 8.92. The smallest absolute Gasteiger partial charge is 0.142 e. The maximum atomic E-state index is 8.92. The van der Waals surface area contributed by atoms with Crippen molar-refractivity contribution in [2.45, 2.75) is 0 Å². The summed E-state index contributed by atoms with van der Waals surface area (Å²) in [6, 6.07) is 13.3. The maximum Gasteiger partial charge on any atom is 0.142 e. The molecule has 1 N–H and O–H groups in total. The van der Waals surface area contributed by atoms with Crippen molar-refractivity contribution in [1.82, 2.24) is 9.97 Å². The Hall–Kier alpha value is -2.32. The maximum absolute atomic E-state index is 8.92. The molecule has 0 saturated heterocycles. The standard InChI is InChI=1S/C15H10BrN3O/c1-20-14-7-10(16)3-4-11(14)15-18-12-5-2-9(8-17)6-13(12)19-15/h2-7H,1H3,(H,18,19). The Morgan fingerprint density at radius 2 is 2.10 bits per heavy atom. The lowest BCUT2D eigenvalue weighted by atomic mass is 10.2. The normalized spacial score (nSPS) is 10.4. The van der Waals surface area contributed by atoms with E-state index in [4.69, 9.17) is 10.00 Å². The van der Waals surface area contributed by atoms with Crippen molar-refractivity contribution in [3.8, 4) is 23.2 Å². The van der Waals surface area contributed by atoms with Crippen LogP contribution in [0.15, 0.2) is 40.9 Å². The number of nitriles is 1. The second-order valence-electron chi connectivity index (χ2n) is 4.27. The van der Waals surface area contributed by atoms with Gasteiger partial charge in [-0.3, -0.25) is 0 Å². The SMILES string of the molecule is COc1cc(Br)ccc1-c1nc2ccc(C#N)cc2[nH]1. The van der Waals surface area contributed by atoms with Crippen LogP contribution in [0.25, 0.3) is 22.4 Å². The average Bonchev–Trinajstić information content (AvgIpc) is 2.89. The summed E-state index contributed by atoms with van der Waals surface area (Å²) in [5.74, 6) is 1.46. The number of H-pyrrole nitrogens is 1. The van der Waals surface area contributed by atoms with Crippen molar-refractivity contribution >= 4 is 27.0 Å². The van der Waals surface area contributed by atoms with E-state index in [1.165, 1.54) is 0 Å². The van der Waals surface area contributed by atoms with Gasteiger partial charge in [-0.05, 0) is 36.4 Å². The number of fused-ring (bicyclic) bond motifs is 1. The topological polar surface area (TPSA) is 61.7 Å². The number of rotatable bonds is 2. The molecule has 0 amide bonds. The number of aromatic nitrogens is 2. The zero-order valence-corrected chi connectivity index (χ0v) is 12.2. The molecule has 0 aliphatic heterocycles. The first kappa shape index (κ1) is 12.7. The second kappa shape index (κ2) is 4.99. The van der Waals surface area contributed by atoms with Gasteiger partial charge in [-0.2, -0.15) is 5.26 Å². The number of nitrogens with zero attached hydrogens (tertiary/aromatic N) is 2. The Bertz CT molecular complexity index is 833. The monoisotopic (exact) mass is 327 g/mol. The number of hydrogen-bond donors (Lipinski definition) is 1. The third kappa shape index (κ3) is 2.15. The van der Waals surface area contributed by atoms with Crippen molar-refractivity contribution in [2.24, 2.45) is 0 Å². The lowest BCUT2D eigenvalue weighted by Gasteiger charge is -2.06. The van der Waals surface area contributed by atoms with Crippen LogP contribution in [0.5, 0.6) is 5.75 Å². The van der Waals surface area contributed by atoms with Crippen molar-refractivity contribution in [3.63, 3.8) is 0 Å². The number of benzene rings is 2. The fraction of sp³-hybridized carbons (Fsp3) is 0.0667. The van der Waals surface area contributed by atoms with Gasteiger partial charge in [-0.25, -0.2) is 4.98 Å². The van der Waals surface area contributed by atoms with Crippen LogP contribution in [0.1, 0.15) is 5.56 Å². The lowest BCUT2D eigenvalue weighted by molar-refractivity contribution is 0.416. The Kier molecular flexibility index (Phi) is 3.17. The van der Waals surface area contributed by atoms with Crippen LogP contribution in [-0.2, 0) is 0 Å². The molecule has 3 rings (SSSR count). The molecule has 0 fully saturated rings. The third-order valence-electron chi connectivity index (χ3n) is 3.03. The predicted molar refractivity (Wildman–Crippen MR) is 80.5 cm³/mol. The molecule has 0 bridgehead atoms. The molecule has 4 nitrogen and oxygen atoms in total. The van der Waals surface area contributed by atoms with Crippen LogP contribution in [0.3, 0.4) is 0 Å². The molecule has 0 aliphatic carbocycles. The van der Waals surface area contributed by atoms with Crippen molar-refractivity contribution < 1.29 is 4.74 Å². The van der Waals surface area contributed by atoms with Crippen LogP contribution < -0.4 is 4.74 Å². The van der Waals surface area contributed by atoms with E-state index in [2.05, 4.69) is 32.0 Å². The molecule has 0 saturated carbocycles. The highest BCUT2D eigenvalue weighted by molar-refractivity contribution is 9.10. The van der Waals surface area contributed by atoms with Gasteiger partial charge >= 0.3 is 0 Å². The molecule has 0 spiro atoms. The minimum atomic E-state index is 0.607. The van der Waals surface area contributed by atoms with Gasteiger partial charge in [0.05, 0.1) is 35.3 Å². The van der Waals surface area contributed by atoms with Gasteiger partial charge in [-0.15, -0.1) is 0 Å². The van der Waals surface area contributed by atoms with Crippen LogP contribution in [0.4, 0.5) is 0 Å². The highest BCUT2D eigenvalue weighted by atomic mass is 79.9. The summed E-state index contributed by atoms with van der Waals surface area (Å²) in [6.45, 7) is 0. The number of ether oxygens (including phenoxy) is 1. The zero-order valence-electron chi connectivity index (χ0n) is 10.6. The van der Waals surface area contributed by atoms with Gasteiger partial charge in [0.25, 0.3) is 0 Å². The molecule has 0 aliphatic rings. The number of halogens is 1. The first-order valence-corrected chi connectivity index (χ1v) is 6.74. The Morgan fingerprint density at radius 3 is 2.85 bits per heavy atom. The van der Waals surface area contributed by atoms with Crippen LogP contribution in [0.2, 0.25) is 0 Å². The first-order chi connectivity index (χ1) is 9.71. The fourth-order valence-electron chi connectivity index (χ4n) is 2.07. The quantitative estimate of drug-likeness (QED) is 0.777. The Balaban J connectivity index is 2.17. The minimum absolute atomic E-state index is 0.607. The Labute approximate surface area is 124 Å². The molecule has 0 atom stereocenters. The van der Waals surface area contributed by atoms with Gasteiger partial charge < -0.3 is 9.72 Å². The highest BCUT2D eigenvalue weighted by Crippen LogP contribution is 2.32. The predicted octanol–water partition coefficient (Wildman–Crippen LogP) is 3.87. The van der Waals surface area contributed by atoms with Crippen LogP contribution in [0, 0.1) is 11.3 Å². The van der Waals surface area contributed by atoms with E-state index in [0.717, 1.165) is 32.6 Å². The highest BCUT2D eigenvalue weighted by Gasteiger charge is 2.11. The summed E-state index contributed by atoms with van der Waals surface area (Å²) in [5.41, 5.74) is 3.15. The summed E-state index contributed by atoms with van der Waals surface area (Å²) in [6.07, 6.45) is 0.